The van der Waals surface area contributed by atoms with Gasteiger partial charge in [0.25, 0.3) is 0 Å². The van der Waals surface area contributed by atoms with E-state index in [1.807, 2.05) is 48.5 Å². The fraction of sp³-hybridized carbons (Fsp3) is 0.235. The number of carbonyl (C=O) groups excluding carboxylic acids is 1. The van der Waals surface area contributed by atoms with Crippen molar-refractivity contribution in [1.82, 2.24) is 0 Å². The summed E-state index contributed by atoms with van der Waals surface area (Å²) in [7, 11) is 0. The highest BCUT2D eigenvalue weighted by Gasteiger charge is 2.12. The van der Waals surface area contributed by atoms with Crippen LogP contribution in [-0.4, -0.2) is 24.0 Å². The Kier molecular flexibility index (Phi) is 6.44. The number of hydrogen-bond acceptors (Lipinski definition) is 3. The molecule has 0 aliphatic carbocycles. The van der Waals surface area contributed by atoms with Gasteiger partial charge in [-0.2, -0.15) is 0 Å². The number of carbonyl (C=O) groups is 1. The van der Waals surface area contributed by atoms with Crippen molar-refractivity contribution in [2.24, 2.45) is 0 Å². The van der Waals surface area contributed by atoms with Crippen molar-refractivity contribution >= 4 is 21.9 Å². The molecule has 0 radical (unpaired) electrons. The Labute approximate surface area is 133 Å². The van der Waals surface area contributed by atoms with Crippen LogP contribution in [0.4, 0.5) is 0 Å². The van der Waals surface area contributed by atoms with E-state index >= 15 is 0 Å². The minimum absolute atomic E-state index is 0.169. The number of esters is 1. The predicted octanol–water partition coefficient (Wildman–Crippen LogP) is 3.82. The molecule has 0 saturated heterocycles. The van der Waals surface area contributed by atoms with Gasteiger partial charge in [0.1, 0.15) is 12.7 Å². The van der Waals surface area contributed by atoms with E-state index in [4.69, 9.17) is 9.47 Å². The highest BCUT2D eigenvalue weighted by Crippen LogP contribution is 2.08. The Morgan fingerprint density at radius 1 is 1.00 bits per heavy atom. The zero-order valence-corrected chi connectivity index (χ0v) is 13.2. The van der Waals surface area contributed by atoms with Crippen LogP contribution in [0.5, 0.6) is 0 Å². The summed E-state index contributed by atoms with van der Waals surface area (Å²) in [4.78, 5) is 11.8. The van der Waals surface area contributed by atoms with E-state index in [-0.39, 0.29) is 18.7 Å². The van der Waals surface area contributed by atoms with Crippen LogP contribution in [0.1, 0.15) is 15.9 Å². The zero-order chi connectivity index (χ0) is 14.9. The van der Waals surface area contributed by atoms with Gasteiger partial charge >= 0.3 is 5.97 Å². The standard InChI is InChI=1S/C17H17BrO3/c18-11-16(20-12-14-7-3-1-4-8-14)13-21-17(19)15-9-5-2-6-10-15/h1-10,16H,11-13H2. The van der Waals surface area contributed by atoms with E-state index in [0.717, 1.165) is 5.56 Å². The van der Waals surface area contributed by atoms with Crippen LogP contribution in [0.25, 0.3) is 0 Å². The van der Waals surface area contributed by atoms with E-state index in [1.54, 1.807) is 12.1 Å². The minimum Gasteiger partial charge on any atom is -0.459 e. The Morgan fingerprint density at radius 3 is 2.24 bits per heavy atom. The third kappa shape index (κ3) is 5.33. The molecule has 0 amide bonds. The third-order valence-corrected chi connectivity index (χ3v) is 3.63. The molecule has 2 rings (SSSR count). The largest absolute Gasteiger partial charge is 0.459 e. The fourth-order valence-corrected chi connectivity index (χ4v) is 2.13. The van der Waals surface area contributed by atoms with Crippen molar-refractivity contribution < 1.29 is 14.3 Å². The fourth-order valence-electron chi connectivity index (χ4n) is 1.75. The smallest absolute Gasteiger partial charge is 0.338 e. The van der Waals surface area contributed by atoms with Crippen LogP contribution in [-0.2, 0) is 16.1 Å². The van der Waals surface area contributed by atoms with Crippen molar-refractivity contribution in [2.45, 2.75) is 12.7 Å². The summed E-state index contributed by atoms with van der Waals surface area (Å²) in [5, 5.41) is 0.613. The van der Waals surface area contributed by atoms with E-state index in [2.05, 4.69) is 15.9 Å². The van der Waals surface area contributed by atoms with Gasteiger partial charge < -0.3 is 9.47 Å². The van der Waals surface area contributed by atoms with Gasteiger partial charge in [0.05, 0.1) is 12.2 Å². The predicted molar refractivity (Wildman–Crippen MR) is 85.5 cm³/mol. The molecule has 21 heavy (non-hydrogen) atoms. The van der Waals surface area contributed by atoms with Gasteiger partial charge in [-0.25, -0.2) is 4.79 Å². The van der Waals surface area contributed by atoms with Gasteiger partial charge in [0.15, 0.2) is 0 Å². The molecule has 0 bridgehead atoms. The second-order valence-electron chi connectivity index (χ2n) is 4.54. The summed E-state index contributed by atoms with van der Waals surface area (Å²) in [5.41, 5.74) is 1.65. The highest BCUT2D eigenvalue weighted by molar-refractivity contribution is 9.09. The lowest BCUT2D eigenvalue weighted by molar-refractivity contribution is -0.00434. The van der Waals surface area contributed by atoms with Crippen LogP contribution in [0.2, 0.25) is 0 Å². The molecule has 0 fully saturated rings. The van der Waals surface area contributed by atoms with Gasteiger partial charge in [-0.05, 0) is 17.7 Å². The zero-order valence-electron chi connectivity index (χ0n) is 11.6. The number of alkyl halides is 1. The van der Waals surface area contributed by atoms with Crippen LogP contribution < -0.4 is 0 Å². The maximum absolute atomic E-state index is 11.8. The van der Waals surface area contributed by atoms with E-state index in [9.17, 15) is 4.79 Å². The molecule has 2 aromatic rings. The Morgan fingerprint density at radius 2 is 1.62 bits per heavy atom. The molecule has 1 unspecified atom stereocenters. The summed E-state index contributed by atoms with van der Waals surface area (Å²) < 4.78 is 11.0. The van der Waals surface area contributed by atoms with Crippen LogP contribution in [0.3, 0.4) is 0 Å². The van der Waals surface area contributed by atoms with Crippen molar-refractivity contribution in [3.8, 4) is 0 Å². The maximum Gasteiger partial charge on any atom is 0.338 e. The summed E-state index contributed by atoms with van der Waals surface area (Å²) in [5.74, 6) is -0.329. The van der Waals surface area contributed by atoms with Crippen molar-refractivity contribution in [3.05, 3.63) is 71.8 Å². The van der Waals surface area contributed by atoms with Gasteiger partial charge in [-0.3, -0.25) is 0 Å². The molecule has 3 nitrogen and oxygen atoms in total. The van der Waals surface area contributed by atoms with E-state index in [0.29, 0.717) is 17.5 Å². The third-order valence-electron chi connectivity index (χ3n) is 2.91. The molecule has 1 atom stereocenters. The van der Waals surface area contributed by atoms with Crippen molar-refractivity contribution in [2.75, 3.05) is 11.9 Å². The minimum atomic E-state index is -0.329. The van der Waals surface area contributed by atoms with E-state index < -0.39 is 0 Å². The normalized spacial score (nSPS) is 11.9. The monoisotopic (exact) mass is 348 g/mol. The second kappa shape index (κ2) is 8.60. The summed E-state index contributed by atoms with van der Waals surface area (Å²) in [6.07, 6.45) is -0.169. The molecule has 0 spiro atoms. The lowest BCUT2D eigenvalue weighted by Gasteiger charge is -2.15. The topological polar surface area (TPSA) is 35.5 Å². The summed E-state index contributed by atoms with van der Waals surface area (Å²) in [6.45, 7) is 0.728. The van der Waals surface area contributed by atoms with Gasteiger partial charge in [-0.1, -0.05) is 64.5 Å². The molecular weight excluding hydrogens is 332 g/mol. The molecule has 4 heteroatoms. The number of hydrogen-bond donors (Lipinski definition) is 0. The van der Waals surface area contributed by atoms with Gasteiger partial charge in [-0.15, -0.1) is 0 Å². The second-order valence-corrected chi connectivity index (χ2v) is 5.18. The van der Waals surface area contributed by atoms with Gasteiger partial charge in [0, 0.05) is 5.33 Å². The summed E-state index contributed by atoms with van der Waals surface area (Å²) >= 11 is 3.38. The van der Waals surface area contributed by atoms with Crippen molar-refractivity contribution in [3.63, 3.8) is 0 Å². The van der Waals surface area contributed by atoms with Crippen LogP contribution in [0, 0.1) is 0 Å². The highest BCUT2D eigenvalue weighted by atomic mass is 79.9. The summed E-state index contributed by atoms with van der Waals surface area (Å²) in [6, 6.07) is 18.9. The average molecular weight is 349 g/mol. The van der Waals surface area contributed by atoms with Crippen LogP contribution >= 0.6 is 15.9 Å². The van der Waals surface area contributed by atoms with Crippen LogP contribution in [0.15, 0.2) is 60.7 Å². The molecule has 0 aliphatic rings. The lowest BCUT2D eigenvalue weighted by atomic mass is 10.2. The SMILES string of the molecule is O=C(OCC(CBr)OCc1ccccc1)c1ccccc1. The average Bonchev–Trinajstić information content (AvgIpc) is 2.56. The molecule has 110 valence electrons. The Hall–Kier alpha value is -1.65. The van der Waals surface area contributed by atoms with Crippen molar-refractivity contribution in [1.29, 1.82) is 0 Å². The van der Waals surface area contributed by atoms with Gasteiger partial charge in [0.2, 0.25) is 0 Å². The first-order valence-electron chi connectivity index (χ1n) is 6.73. The Balaban J connectivity index is 1.79. The number of ether oxygens (including phenoxy) is 2. The lowest BCUT2D eigenvalue weighted by Crippen LogP contribution is -2.23. The molecule has 0 aromatic heterocycles. The first-order valence-corrected chi connectivity index (χ1v) is 7.85. The molecule has 0 saturated carbocycles. The molecule has 0 N–H and O–H groups in total. The number of benzene rings is 2. The molecule has 0 heterocycles. The molecular formula is C17H17BrO3. The number of halogens is 1. The molecule has 0 aliphatic heterocycles. The van der Waals surface area contributed by atoms with E-state index in [1.165, 1.54) is 0 Å². The maximum atomic E-state index is 11.8. The number of rotatable bonds is 7. The quantitative estimate of drug-likeness (QED) is 0.563. The molecule has 2 aromatic carbocycles. The first kappa shape index (κ1) is 15.7. The first-order chi connectivity index (χ1) is 10.3. The Bertz CT molecular complexity index is 542.